The molecule has 0 aliphatic heterocycles. The van der Waals surface area contributed by atoms with Crippen molar-refractivity contribution in [2.75, 3.05) is 0 Å². The molecule has 1 rings (SSSR count). The zero-order valence-electron chi connectivity index (χ0n) is 16.1. The molecular formula is C21H36O4. The van der Waals surface area contributed by atoms with E-state index in [1.165, 1.54) is 44.9 Å². The van der Waals surface area contributed by atoms with E-state index in [9.17, 15) is 19.8 Å². The maximum atomic E-state index is 12.0. The minimum absolute atomic E-state index is 0.298. The van der Waals surface area contributed by atoms with E-state index in [1.54, 1.807) is 6.92 Å². The van der Waals surface area contributed by atoms with E-state index < -0.39 is 22.8 Å². The van der Waals surface area contributed by atoms with Gasteiger partial charge >= 0.3 is 11.9 Å². The summed E-state index contributed by atoms with van der Waals surface area (Å²) in [5, 5.41) is 19.5. The fraction of sp³-hybridized carbons (Fsp3) is 0.810. The van der Waals surface area contributed by atoms with Crippen molar-refractivity contribution in [3.63, 3.8) is 0 Å². The number of carbonyl (C=O) groups is 2. The lowest BCUT2D eigenvalue weighted by Gasteiger charge is -2.44. The molecule has 2 atom stereocenters. The van der Waals surface area contributed by atoms with Gasteiger partial charge in [0.25, 0.3) is 0 Å². The lowest BCUT2D eigenvalue weighted by Crippen LogP contribution is -2.51. The summed E-state index contributed by atoms with van der Waals surface area (Å²) in [6.45, 7) is 3.82. The molecule has 2 unspecified atom stereocenters. The third-order valence-corrected chi connectivity index (χ3v) is 6.05. The van der Waals surface area contributed by atoms with Crippen LogP contribution in [0.2, 0.25) is 0 Å². The highest BCUT2D eigenvalue weighted by Gasteiger charge is 2.57. The second-order valence-electron chi connectivity index (χ2n) is 7.84. The van der Waals surface area contributed by atoms with Crippen LogP contribution in [0.3, 0.4) is 0 Å². The zero-order valence-corrected chi connectivity index (χ0v) is 16.1. The standard InChI is InChI=1S/C21H36O4/c1-3-4-5-6-7-8-9-10-11-12-16-21(19(24)25)17-14-13-15-20(21,2)18(22)23/h13-14H,3-12,15-17H2,1-2H3,(H,22,23)(H,24,25). The van der Waals surface area contributed by atoms with Crippen molar-refractivity contribution in [2.45, 2.75) is 97.3 Å². The van der Waals surface area contributed by atoms with Gasteiger partial charge in [0.2, 0.25) is 0 Å². The van der Waals surface area contributed by atoms with Gasteiger partial charge in [-0.05, 0) is 26.2 Å². The third-order valence-electron chi connectivity index (χ3n) is 6.05. The highest BCUT2D eigenvalue weighted by atomic mass is 16.4. The van der Waals surface area contributed by atoms with Crippen LogP contribution >= 0.6 is 0 Å². The van der Waals surface area contributed by atoms with Gasteiger partial charge in [-0.25, -0.2) is 0 Å². The number of carboxylic acids is 2. The lowest BCUT2D eigenvalue weighted by molar-refractivity contribution is -0.174. The van der Waals surface area contributed by atoms with Crippen molar-refractivity contribution >= 4 is 11.9 Å². The Morgan fingerprint density at radius 1 is 0.800 bits per heavy atom. The van der Waals surface area contributed by atoms with Crippen LogP contribution in [0, 0.1) is 10.8 Å². The Kier molecular flexibility index (Phi) is 9.23. The second-order valence-corrected chi connectivity index (χ2v) is 7.84. The first-order valence-corrected chi connectivity index (χ1v) is 10.0. The fourth-order valence-corrected chi connectivity index (χ4v) is 4.04. The topological polar surface area (TPSA) is 74.6 Å². The van der Waals surface area contributed by atoms with Crippen LogP contribution in [0.25, 0.3) is 0 Å². The van der Waals surface area contributed by atoms with Crippen LogP contribution in [0.1, 0.15) is 97.3 Å². The Bertz CT molecular complexity index is 457. The van der Waals surface area contributed by atoms with Gasteiger partial charge in [-0.3, -0.25) is 9.59 Å². The molecule has 0 aromatic rings. The largest absolute Gasteiger partial charge is 0.481 e. The van der Waals surface area contributed by atoms with E-state index in [-0.39, 0.29) is 0 Å². The summed E-state index contributed by atoms with van der Waals surface area (Å²) in [5.74, 6) is -1.95. The molecule has 0 saturated heterocycles. The van der Waals surface area contributed by atoms with E-state index in [0.717, 1.165) is 19.3 Å². The Morgan fingerprint density at radius 2 is 1.28 bits per heavy atom. The normalized spacial score (nSPS) is 25.8. The van der Waals surface area contributed by atoms with E-state index in [0.29, 0.717) is 19.3 Å². The SMILES string of the molecule is CCCCCCCCCCCCC1(C(=O)O)CC=CCC1(C)C(=O)O. The maximum Gasteiger partial charge on any atom is 0.311 e. The molecule has 0 aromatic carbocycles. The summed E-state index contributed by atoms with van der Waals surface area (Å²) in [6.07, 6.45) is 16.6. The summed E-state index contributed by atoms with van der Waals surface area (Å²) in [4.78, 5) is 23.8. The van der Waals surface area contributed by atoms with Crippen LogP contribution < -0.4 is 0 Å². The Labute approximate surface area is 152 Å². The van der Waals surface area contributed by atoms with Gasteiger partial charge in [0.15, 0.2) is 0 Å². The third kappa shape index (κ3) is 5.58. The molecule has 4 nitrogen and oxygen atoms in total. The first-order valence-electron chi connectivity index (χ1n) is 10.0. The molecule has 144 valence electrons. The van der Waals surface area contributed by atoms with E-state index in [2.05, 4.69) is 6.92 Å². The molecule has 1 aliphatic carbocycles. The molecule has 0 amide bonds. The Morgan fingerprint density at radius 3 is 1.76 bits per heavy atom. The number of hydrogen-bond acceptors (Lipinski definition) is 2. The number of carboxylic acid groups (broad SMARTS) is 2. The molecule has 1 aliphatic rings. The van der Waals surface area contributed by atoms with E-state index in [4.69, 9.17) is 0 Å². The average Bonchev–Trinajstić information content (AvgIpc) is 2.57. The van der Waals surface area contributed by atoms with Crippen molar-refractivity contribution in [3.05, 3.63) is 12.2 Å². The number of hydrogen-bond donors (Lipinski definition) is 2. The van der Waals surface area contributed by atoms with Crippen molar-refractivity contribution in [3.8, 4) is 0 Å². The summed E-state index contributed by atoms with van der Waals surface area (Å²) in [6, 6.07) is 0. The van der Waals surface area contributed by atoms with Crippen LogP contribution in [0.5, 0.6) is 0 Å². The predicted octanol–water partition coefficient (Wildman–Crippen LogP) is 5.81. The smallest absolute Gasteiger partial charge is 0.311 e. The number of aliphatic carboxylic acids is 2. The summed E-state index contributed by atoms with van der Waals surface area (Å²) in [7, 11) is 0. The highest BCUT2D eigenvalue weighted by Crippen LogP contribution is 2.52. The first-order chi connectivity index (χ1) is 11.9. The molecule has 0 radical (unpaired) electrons. The summed E-state index contributed by atoms with van der Waals surface area (Å²) < 4.78 is 0. The first kappa shape index (κ1) is 21.7. The van der Waals surface area contributed by atoms with Crippen LogP contribution in [0.15, 0.2) is 12.2 Å². The van der Waals surface area contributed by atoms with Gasteiger partial charge in [0.05, 0.1) is 10.8 Å². The van der Waals surface area contributed by atoms with Crippen LogP contribution in [0.4, 0.5) is 0 Å². The minimum atomic E-state index is -1.22. The van der Waals surface area contributed by atoms with Gasteiger partial charge in [-0.1, -0.05) is 83.3 Å². The quantitative estimate of drug-likeness (QED) is 0.324. The fourth-order valence-electron chi connectivity index (χ4n) is 4.04. The van der Waals surface area contributed by atoms with Crippen molar-refractivity contribution in [1.29, 1.82) is 0 Å². The number of unbranched alkanes of at least 4 members (excludes halogenated alkanes) is 9. The average molecular weight is 353 g/mol. The lowest BCUT2D eigenvalue weighted by atomic mass is 9.56. The monoisotopic (exact) mass is 352 g/mol. The van der Waals surface area contributed by atoms with Crippen molar-refractivity contribution in [1.82, 2.24) is 0 Å². The van der Waals surface area contributed by atoms with E-state index >= 15 is 0 Å². The minimum Gasteiger partial charge on any atom is -0.481 e. The zero-order chi connectivity index (χ0) is 18.8. The van der Waals surface area contributed by atoms with Gasteiger partial charge in [0.1, 0.15) is 0 Å². The molecule has 0 heterocycles. The molecule has 25 heavy (non-hydrogen) atoms. The van der Waals surface area contributed by atoms with Crippen molar-refractivity contribution in [2.24, 2.45) is 10.8 Å². The molecule has 4 heteroatoms. The molecule has 0 bridgehead atoms. The van der Waals surface area contributed by atoms with E-state index in [1.807, 2.05) is 12.2 Å². The van der Waals surface area contributed by atoms with Crippen LogP contribution in [-0.2, 0) is 9.59 Å². The molecule has 0 aromatic heterocycles. The van der Waals surface area contributed by atoms with Gasteiger partial charge in [0, 0.05) is 0 Å². The van der Waals surface area contributed by atoms with Gasteiger partial charge in [-0.15, -0.1) is 0 Å². The number of allylic oxidation sites excluding steroid dienone is 2. The summed E-state index contributed by atoms with van der Waals surface area (Å²) >= 11 is 0. The molecule has 2 N–H and O–H groups in total. The number of rotatable bonds is 13. The molecule has 0 spiro atoms. The maximum absolute atomic E-state index is 12.0. The molecule has 0 saturated carbocycles. The van der Waals surface area contributed by atoms with Gasteiger partial charge in [-0.2, -0.15) is 0 Å². The van der Waals surface area contributed by atoms with Crippen LogP contribution in [-0.4, -0.2) is 22.2 Å². The predicted molar refractivity (Wildman–Crippen MR) is 101 cm³/mol. The van der Waals surface area contributed by atoms with Gasteiger partial charge < -0.3 is 10.2 Å². The molecule has 0 fully saturated rings. The Balaban J connectivity index is 2.40. The highest BCUT2D eigenvalue weighted by molar-refractivity contribution is 5.87. The molecular weight excluding hydrogens is 316 g/mol. The summed E-state index contributed by atoms with van der Waals surface area (Å²) in [5.41, 5.74) is -2.39. The second kappa shape index (κ2) is 10.6. The van der Waals surface area contributed by atoms with Crippen molar-refractivity contribution < 1.29 is 19.8 Å². The Hall–Kier alpha value is -1.32.